The van der Waals surface area contributed by atoms with Gasteiger partial charge in [-0.05, 0) is 42.9 Å². The van der Waals surface area contributed by atoms with Crippen LogP contribution in [0.1, 0.15) is 49.1 Å². The predicted molar refractivity (Wildman–Crippen MR) is 123 cm³/mol. The molecule has 2 amide bonds. The maximum Gasteiger partial charge on any atom is 0.416 e. The second kappa shape index (κ2) is 8.59. The summed E-state index contributed by atoms with van der Waals surface area (Å²) in [5.41, 5.74) is -1.57. The van der Waals surface area contributed by atoms with E-state index in [0.717, 1.165) is 18.6 Å². The van der Waals surface area contributed by atoms with Crippen molar-refractivity contribution in [3.63, 3.8) is 0 Å². The molecular formula is C23H24F3N5O3S. The number of halogens is 3. The Bertz CT molecular complexity index is 1270. The molecule has 2 aliphatic rings. The SMILES string of the molecule is COc1nc([C@H]2CC2C)nc2sc(NC(=O)N3CCC(O)(c4cccc(C(F)(F)F)c4)CC3)nc12. The third-order valence-electron chi connectivity index (χ3n) is 6.70. The molecule has 8 nitrogen and oxygen atoms in total. The normalized spacial score (nSPS) is 21.7. The summed E-state index contributed by atoms with van der Waals surface area (Å²) in [5, 5.41) is 14.1. The molecule has 35 heavy (non-hydrogen) atoms. The predicted octanol–water partition coefficient (Wildman–Crippen LogP) is 4.75. The number of carbonyl (C=O) groups excluding carboxylic acids is 1. The average molecular weight is 508 g/mol. The summed E-state index contributed by atoms with van der Waals surface area (Å²) < 4.78 is 44.6. The standard InChI is InChI=1S/C23H24F3N5O3S/c1-12-10-15(12)17-28-18(34-2)16-19(29-17)35-20(27-16)30-21(32)31-8-6-22(33,7-9-31)13-4-3-5-14(11-13)23(24,25)26/h3-5,11-12,15,33H,6-10H2,1-2H3,(H,27,30,32)/t12?,15-/m0/s1. The van der Waals surface area contributed by atoms with E-state index in [4.69, 9.17) is 4.74 Å². The lowest BCUT2D eigenvalue weighted by Crippen LogP contribution is -2.46. The van der Waals surface area contributed by atoms with Gasteiger partial charge in [-0.15, -0.1) is 0 Å². The van der Waals surface area contributed by atoms with Crippen LogP contribution >= 0.6 is 11.3 Å². The molecule has 1 aliphatic carbocycles. The molecule has 2 fully saturated rings. The van der Waals surface area contributed by atoms with Crippen LogP contribution < -0.4 is 10.1 Å². The van der Waals surface area contributed by atoms with Gasteiger partial charge in [-0.1, -0.05) is 30.4 Å². The Balaban J connectivity index is 1.27. The number of thiazole rings is 1. The van der Waals surface area contributed by atoms with Gasteiger partial charge in [-0.3, -0.25) is 5.32 Å². The fourth-order valence-electron chi connectivity index (χ4n) is 4.38. The topological polar surface area (TPSA) is 100 Å². The first-order valence-corrected chi connectivity index (χ1v) is 12.1. The number of nitrogens with one attached hydrogen (secondary N) is 1. The lowest BCUT2D eigenvalue weighted by atomic mass is 9.84. The molecular weight excluding hydrogens is 483 g/mol. The van der Waals surface area contributed by atoms with Crippen molar-refractivity contribution in [1.82, 2.24) is 19.9 Å². The molecule has 1 aliphatic heterocycles. The number of aliphatic hydroxyl groups is 1. The number of urea groups is 1. The molecule has 1 unspecified atom stereocenters. The summed E-state index contributed by atoms with van der Waals surface area (Å²) in [4.78, 5) is 28.5. The largest absolute Gasteiger partial charge is 0.479 e. The van der Waals surface area contributed by atoms with Gasteiger partial charge in [0, 0.05) is 19.0 Å². The number of fused-ring (bicyclic) bond motifs is 1. The number of hydrogen-bond acceptors (Lipinski definition) is 7. The summed E-state index contributed by atoms with van der Waals surface area (Å²) in [6, 6.07) is 4.31. The van der Waals surface area contributed by atoms with E-state index < -0.39 is 23.4 Å². The molecule has 12 heteroatoms. The highest BCUT2D eigenvalue weighted by Gasteiger charge is 2.39. The highest BCUT2D eigenvalue weighted by atomic mass is 32.1. The zero-order valence-corrected chi connectivity index (χ0v) is 19.9. The minimum atomic E-state index is -4.49. The number of hydrogen-bond donors (Lipinski definition) is 2. The van der Waals surface area contributed by atoms with Crippen LogP contribution in [-0.2, 0) is 11.8 Å². The van der Waals surface area contributed by atoms with E-state index in [9.17, 15) is 23.1 Å². The second-order valence-electron chi connectivity index (χ2n) is 9.11. The molecule has 3 heterocycles. The fraction of sp³-hybridized carbons (Fsp3) is 0.478. The van der Waals surface area contributed by atoms with Gasteiger partial charge in [-0.25, -0.2) is 14.8 Å². The number of ether oxygens (including phenoxy) is 1. The van der Waals surface area contributed by atoms with Gasteiger partial charge in [0.1, 0.15) is 5.82 Å². The number of methoxy groups -OCH3 is 1. The monoisotopic (exact) mass is 507 g/mol. The smallest absolute Gasteiger partial charge is 0.416 e. The highest BCUT2D eigenvalue weighted by Crippen LogP contribution is 2.46. The van der Waals surface area contributed by atoms with Crippen molar-refractivity contribution in [3.05, 3.63) is 41.2 Å². The Kier molecular flexibility index (Phi) is 5.83. The summed E-state index contributed by atoms with van der Waals surface area (Å²) >= 11 is 1.22. The van der Waals surface area contributed by atoms with Crippen LogP contribution in [0.5, 0.6) is 5.88 Å². The van der Waals surface area contributed by atoms with Crippen molar-refractivity contribution < 1.29 is 27.8 Å². The highest BCUT2D eigenvalue weighted by molar-refractivity contribution is 7.22. The van der Waals surface area contributed by atoms with Crippen molar-refractivity contribution in [2.75, 3.05) is 25.5 Å². The van der Waals surface area contributed by atoms with Crippen molar-refractivity contribution in [2.45, 2.75) is 43.9 Å². The molecule has 0 radical (unpaired) electrons. The maximum absolute atomic E-state index is 13.1. The Morgan fingerprint density at radius 1 is 1.26 bits per heavy atom. The second-order valence-corrected chi connectivity index (χ2v) is 10.1. The number of carbonyl (C=O) groups is 1. The van der Waals surface area contributed by atoms with Crippen LogP contribution in [0.25, 0.3) is 10.3 Å². The molecule has 2 N–H and O–H groups in total. The minimum Gasteiger partial charge on any atom is -0.479 e. The van der Waals surface area contributed by atoms with Crippen LogP contribution in [0.2, 0.25) is 0 Å². The third-order valence-corrected chi connectivity index (χ3v) is 7.56. The van der Waals surface area contributed by atoms with Gasteiger partial charge < -0.3 is 14.7 Å². The van der Waals surface area contributed by atoms with Gasteiger partial charge in [0.05, 0.1) is 18.3 Å². The van der Waals surface area contributed by atoms with E-state index in [1.807, 2.05) is 0 Å². The first kappa shape index (κ1) is 23.7. The Morgan fingerprint density at radius 3 is 2.60 bits per heavy atom. The fourth-order valence-corrected chi connectivity index (χ4v) is 5.21. The number of benzene rings is 1. The minimum absolute atomic E-state index is 0.115. The molecule has 186 valence electrons. The molecule has 2 aromatic heterocycles. The van der Waals surface area contributed by atoms with Gasteiger partial charge in [0.2, 0.25) is 5.88 Å². The van der Waals surface area contributed by atoms with Crippen molar-refractivity contribution in [1.29, 1.82) is 0 Å². The lowest BCUT2D eigenvalue weighted by Gasteiger charge is -2.38. The molecule has 0 bridgehead atoms. The quantitative estimate of drug-likeness (QED) is 0.529. The zero-order valence-electron chi connectivity index (χ0n) is 19.1. The number of anilines is 1. The molecule has 5 rings (SSSR count). The van der Waals surface area contributed by atoms with E-state index in [-0.39, 0.29) is 31.5 Å². The van der Waals surface area contributed by atoms with E-state index in [0.29, 0.717) is 39.0 Å². The number of likely N-dealkylation sites (tertiary alicyclic amines) is 1. The van der Waals surface area contributed by atoms with Crippen LogP contribution in [0.15, 0.2) is 24.3 Å². The van der Waals surface area contributed by atoms with Crippen LogP contribution in [-0.4, -0.2) is 51.2 Å². The molecule has 1 saturated carbocycles. The number of piperidine rings is 1. The first-order valence-electron chi connectivity index (χ1n) is 11.3. The molecule has 2 atom stereocenters. The van der Waals surface area contributed by atoms with Crippen LogP contribution in [0.3, 0.4) is 0 Å². The van der Waals surface area contributed by atoms with Gasteiger partial charge in [0.25, 0.3) is 0 Å². The number of rotatable bonds is 4. The van der Waals surface area contributed by atoms with Crippen molar-refractivity contribution in [3.8, 4) is 5.88 Å². The maximum atomic E-state index is 13.1. The molecule has 1 aromatic carbocycles. The van der Waals surface area contributed by atoms with Gasteiger partial charge in [-0.2, -0.15) is 18.2 Å². The van der Waals surface area contributed by atoms with Crippen LogP contribution in [0, 0.1) is 5.92 Å². The Hall–Kier alpha value is -2.99. The zero-order chi connectivity index (χ0) is 25.0. The van der Waals surface area contributed by atoms with Crippen molar-refractivity contribution in [2.24, 2.45) is 5.92 Å². The van der Waals surface area contributed by atoms with E-state index in [2.05, 4.69) is 27.2 Å². The lowest BCUT2D eigenvalue weighted by molar-refractivity contribution is -0.137. The third kappa shape index (κ3) is 4.64. The summed E-state index contributed by atoms with van der Waals surface area (Å²) in [6.07, 6.45) is -3.23. The van der Waals surface area contributed by atoms with E-state index in [1.54, 1.807) is 0 Å². The average Bonchev–Trinajstić information content (AvgIpc) is 3.42. The first-order chi connectivity index (χ1) is 16.6. The van der Waals surface area contributed by atoms with Gasteiger partial charge >= 0.3 is 12.2 Å². The van der Waals surface area contributed by atoms with Gasteiger partial charge in [0.15, 0.2) is 15.5 Å². The molecule has 1 saturated heterocycles. The summed E-state index contributed by atoms with van der Waals surface area (Å²) in [5.74, 6) is 1.91. The Morgan fingerprint density at radius 2 is 1.97 bits per heavy atom. The number of alkyl halides is 3. The Labute approximate surface area is 203 Å². The van der Waals surface area contributed by atoms with E-state index >= 15 is 0 Å². The van der Waals surface area contributed by atoms with Crippen LogP contribution in [0.4, 0.5) is 23.1 Å². The molecule has 0 spiro atoms. The molecule has 3 aromatic rings. The number of nitrogens with zero attached hydrogens (tertiary/aromatic N) is 4. The number of aromatic nitrogens is 3. The van der Waals surface area contributed by atoms with E-state index in [1.165, 1.54) is 35.5 Å². The summed E-state index contributed by atoms with van der Waals surface area (Å²) in [6.45, 7) is 2.49. The summed E-state index contributed by atoms with van der Waals surface area (Å²) in [7, 11) is 1.51. The number of amides is 2. The van der Waals surface area contributed by atoms with Crippen molar-refractivity contribution >= 4 is 32.8 Å².